The van der Waals surface area contributed by atoms with Gasteiger partial charge >= 0.3 is 6.01 Å². The number of sulfonamides is 1. The van der Waals surface area contributed by atoms with E-state index in [9.17, 15) is 13.2 Å². The van der Waals surface area contributed by atoms with Gasteiger partial charge in [-0.25, -0.2) is 8.42 Å². The molecule has 2 aromatic rings. The van der Waals surface area contributed by atoms with Crippen LogP contribution in [0.4, 0.5) is 6.01 Å². The molecule has 1 saturated heterocycles. The summed E-state index contributed by atoms with van der Waals surface area (Å²) >= 11 is 1.53. The van der Waals surface area contributed by atoms with Crippen LogP contribution in [0.25, 0.3) is 0 Å². The van der Waals surface area contributed by atoms with Crippen molar-refractivity contribution in [1.29, 1.82) is 0 Å². The van der Waals surface area contributed by atoms with Gasteiger partial charge in [-0.1, -0.05) is 12.0 Å². The summed E-state index contributed by atoms with van der Waals surface area (Å²) in [5, 5.41) is 10.1. The van der Waals surface area contributed by atoms with Gasteiger partial charge < -0.3 is 4.42 Å². The number of carbonyl (C=O) groups is 1. The first-order chi connectivity index (χ1) is 12.9. The van der Waals surface area contributed by atoms with E-state index in [1.54, 1.807) is 0 Å². The highest BCUT2D eigenvalue weighted by Crippen LogP contribution is 2.23. The third-order valence-corrected chi connectivity index (χ3v) is 6.74. The zero-order chi connectivity index (χ0) is 19.4. The summed E-state index contributed by atoms with van der Waals surface area (Å²) in [4.78, 5) is 12.5. The van der Waals surface area contributed by atoms with E-state index in [2.05, 4.69) is 22.4 Å². The van der Waals surface area contributed by atoms with Gasteiger partial charge in [0.05, 0.1) is 10.6 Å². The van der Waals surface area contributed by atoms with Crippen LogP contribution in [0.2, 0.25) is 0 Å². The Hall–Kier alpha value is -1.91. The van der Waals surface area contributed by atoms with Crippen LogP contribution in [0.3, 0.4) is 0 Å². The molecule has 1 aromatic carbocycles. The molecule has 1 aliphatic heterocycles. The molecule has 1 atom stereocenters. The Morgan fingerprint density at radius 1 is 1.33 bits per heavy atom. The van der Waals surface area contributed by atoms with Crippen LogP contribution in [0.1, 0.15) is 36.0 Å². The minimum Gasteiger partial charge on any atom is -0.407 e. The van der Waals surface area contributed by atoms with Crippen molar-refractivity contribution in [2.45, 2.75) is 30.4 Å². The molecule has 1 aliphatic rings. The average molecular weight is 411 g/mol. The Bertz CT molecular complexity index is 896. The zero-order valence-electron chi connectivity index (χ0n) is 15.2. The van der Waals surface area contributed by atoms with Gasteiger partial charge in [0.25, 0.3) is 5.91 Å². The van der Waals surface area contributed by atoms with Crippen LogP contribution in [0.5, 0.6) is 0 Å². The fourth-order valence-electron chi connectivity index (χ4n) is 2.95. The van der Waals surface area contributed by atoms with Gasteiger partial charge in [0, 0.05) is 18.7 Å². The summed E-state index contributed by atoms with van der Waals surface area (Å²) in [6.07, 6.45) is 3.81. The van der Waals surface area contributed by atoms with Gasteiger partial charge in [0.1, 0.15) is 0 Å². The first kappa shape index (κ1) is 19.8. The summed E-state index contributed by atoms with van der Waals surface area (Å²) < 4.78 is 32.3. The largest absolute Gasteiger partial charge is 0.407 e. The van der Waals surface area contributed by atoms with E-state index in [4.69, 9.17) is 4.42 Å². The molecule has 0 aliphatic carbocycles. The number of hydrogen-bond acceptors (Lipinski definition) is 7. The summed E-state index contributed by atoms with van der Waals surface area (Å²) in [6.45, 7) is 3.11. The molecule has 10 heteroatoms. The van der Waals surface area contributed by atoms with E-state index in [0.29, 0.717) is 36.2 Å². The van der Waals surface area contributed by atoms with Crippen molar-refractivity contribution >= 4 is 33.7 Å². The van der Waals surface area contributed by atoms with Gasteiger partial charge in [-0.05, 0) is 49.3 Å². The Balaban J connectivity index is 1.69. The van der Waals surface area contributed by atoms with E-state index in [-0.39, 0.29) is 10.9 Å². The third kappa shape index (κ3) is 4.69. The van der Waals surface area contributed by atoms with Crippen LogP contribution in [-0.2, 0) is 15.8 Å². The predicted molar refractivity (Wildman–Crippen MR) is 103 cm³/mol. The Morgan fingerprint density at radius 2 is 2.07 bits per heavy atom. The van der Waals surface area contributed by atoms with Gasteiger partial charge in [-0.2, -0.15) is 16.1 Å². The maximum absolute atomic E-state index is 12.8. The van der Waals surface area contributed by atoms with Crippen molar-refractivity contribution in [3.8, 4) is 0 Å². The fraction of sp³-hybridized carbons (Fsp3) is 0.471. The average Bonchev–Trinajstić information content (AvgIpc) is 3.09. The van der Waals surface area contributed by atoms with Crippen LogP contribution in [0.15, 0.2) is 33.6 Å². The highest BCUT2D eigenvalue weighted by Gasteiger charge is 2.28. The van der Waals surface area contributed by atoms with E-state index >= 15 is 0 Å². The van der Waals surface area contributed by atoms with E-state index in [1.165, 1.54) is 40.3 Å². The fourth-order valence-corrected chi connectivity index (χ4v) is 4.91. The molecule has 2 heterocycles. The number of hydrogen-bond donors (Lipinski definition) is 1. The molecule has 1 fully saturated rings. The van der Waals surface area contributed by atoms with Crippen molar-refractivity contribution in [3.05, 3.63) is 35.7 Å². The number of benzene rings is 1. The monoisotopic (exact) mass is 410 g/mol. The first-order valence-electron chi connectivity index (χ1n) is 8.63. The van der Waals surface area contributed by atoms with Gasteiger partial charge in [-0.3, -0.25) is 10.1 Å². The lowest BCUT2D eigenvalue weighted by molar-refractivity contribution is 0.102. The lowest BCUT2D eigenvalue weighted by atomic mass is 10.0. The number of thioether (sulfide) groups is 1. The highest BCUT2D eigenvalue weighted by atomic mass is 32.2. The van der Waals surface area contributed by atoms with Crippen molar-refractivity contribution in [2.75, 3.05) is 24.7 Å². The van der Waals surface area contributed by atoms with E-state index in [0.717, 1.165) is 12.8 Å². The lowest BCUT2D eigenvalue weighted by Gasteiger charge is -2.30. The molecule has 1 N–H and O–H groups in total. The molecule has 0 spiro atoms. The Labute approximate surface area is 162 Å². The minimum atomic E-state index is -3.54. The van der Waals surface area contributed by atoms with E-state index in [1.807, 2.05) is 6.26 Å². The van der Waals surface area contributed by atoms with Crippen molar-refractivity contribution in [1.82, 2.24) is 14.5 Å². The number of amides is 1. The summed E-state index contributed by atoms with van der Waals surface area (Å²) in [5.41, 5.74) is 0.311. The Kier molecular flexibility index (Phi) is 6.18. The molecule has 0 unspecified atom stereocenters. The normalized spacial score (nSPS) is 18.4. The summed E-state index contributed by atoms with van der Waals surface area (Å²) in [6, 6.07) is 5.89. The van der Waals surface area contributed by atoms with Crippen LogP contribution >= 0.6 is 11.8 Å². The van der Waals surface area contributed by atoms with Crippen LogP contribution in [-0.4, -0.2) is 48.2 Å². The smallest absolute Gasteiger partial charge is 0.322 e. The summed E-state index contributed by atoms with van der Waals surface area (Å²) in [7, 11) is -3.54. The number of anilines is 1. The number of carbonyl (C=O) groups excluding carboxylic acids is 1. The molecule has 27 heavy (non-hydrogen) atoms. The predicted octanol–water partition coefficient (Wildman–Crippen LogP) is 2.61. The van der Waals surface area contributed by atoms with Crippen molar-refractivity contribution < 1.29 is 17.6 Å². The second kappa shape index (κ2) is 8.41. The standard InChI is InChI=1S/C17H22N4O4S2/c1-12-4-3-9-21(10-12)27(23,24)14-7-5-13(6-8-14)16(22)18-17-20-19-15(25-17)11-26-2/h5-8,12H,3-4,9-11H2,1-2H3,(H,18,20,22)/t12-/m1/s1. The molecule has 1 amide bonds. The number of nitrogens with one attached hydrogen (secondary N) is 1. The summed E-state index contributed by atoms with van der Waals surface area (Å²) in [5.74, 6) is 0.897. The molecule has 0 radical (unpaired) electrons. The molecule has 146 valence electrons. The Morgan fingerprint density at radius 3 is 2.74 bits per heavy atom. The molecule has 8 nitrogen and oxygen atoms in total. The maximum atomic E-state index is 12.8. The first-order valence-corrected chi connectivity index (χ1v) is 11.5. The molecule has 1 aromatic heterocycles. The molecular formula is C17H22N4O4S2. The molecule has 0 bridgehead atoms. The number of piperidine rings is 1. The second-order valence-corrected chi connectivity index (χ2v) is 9.33. The SMILES string of the molecule is CSCc1nnc(NC(=O)c2ccc(S(=O)(=O)N3CCC[C@@H](C)C3)cc2)o1. The molecular weight excluding hydrogens is 388 g/mol. The number of nitrogens with zero attached hydrogens (tertiary/aromatic N) is 3. The van der Waals surface area contributed by atoms with Crippen molar-refractivity contribution in [3.63, 3.8) is 0 Å². The van der Waals surface area contributed by atoms with Crippen LogP contribution < -0.4 is 5.32 Å². The molecule has 0 saturated carbocycles. The lowest BCUT2D eigenvalue weighted by Crippen LogP contribution is -2.39. The molecule has 3 rings (SSSR count). The van der Waals surface area contributed by atoms with Crippen molar-refractivity contribution in [2.24, 2.45) is 5.92 Å². The van der Waals surface area contributed by atoms with Gasteiger partial charge in [0.15, 0.2) is 0 Å². The topological polar surface area (TPSA) is 105 Å². The van der Waals surface area contributed by atoms with E-state index < -0.39 is 15.9 Å². The minimum absolute atomic E-state index is 0.0167. The maximum Gasteiger partial charge on any atom is 0.322 e. The third-order valence-electron chi connectivity index (χ3n) is 4.33. The zero-order valence-corrected chi connectivity index (χ0v) is 16.8. The second-order valence-electron chi connectivity index (χ2n) is 6.52. The number of aromatic nitrogens is 2. The van der Waals surface area contributed by atoms with Crippen LogP contribution in [0, 0.1) is 5.92 Å². The van der Waals surface area contributed by atoms with Gasteiger partial charge in [-0.15, -0.1) is 5.10 Å². The quantitative estimate of drug-likeness (QED) is 0.780. The van der Waals surface area contributed by atoms with Gasteiger partial charge in [0.2, 0.25) is 15.9 Å². The number of rotatable bonds is 6. The highest BCUT2D eigenvalue weighted by molar-refractivity contribution is 7.97.